The third-order valence-corrected chi connectivity index (χ3v) is 6.32. The molecule has 0 saturated heterocycles. The van der Waals surface area contributed by atoms with Crippen LogP contribution < -0.4 is 4.90 Å². The molecule has 0 saturated carbocycles. The Hall–Kier alpha value is -3.72. The molecule has 3 heteroatoms. The van der Waals surface area contributed by atoms with Gasteiger partial charge in [-0.25, -0.2) is 0 Å². The fourth-order valence-corrected chi connectivity index (χ4v) is 4.87. The minimum absolute atomic E-state index is 0.0733. The summed E-state index contributed by atoms with van der Waals surface area (Å²) in [6.45, 7) is 4.62. The Balaban J connectivity index is 1.76. The lowest BCUT2D eigenvalue weighted by Gasteiger charge is -2.42. The number of pyridine rings is 2. The Morgan fingerprint density at radius 1 is 0.633 bits per heavy atom. The maximum atomic E-state index is 4.72. The van der Waals surface area contributed by atoms with Crippen molar-refractivity contribution in [3.63, 3.8) is 0 Å². The first-order chi connectivity index (χ1) is 14.7. The van der Waals surface area contributed by atoms with E-state index in [2.05, 4.69) is 90.5 Å². The summed E-state index contributed by atoms with van der Waals surface area (Å²) in [6.07, 6.45) is 3.69. The van der Waals surface area contributed by atoms with Gasteiger partial charge < -0.3 is 4.90 Å². The Labute approximate surface area is 175 Å². The first kappa shape index (κ1) is 17.2. The molecule has 3 aromatic carbocycles. The maximum Gasteiger partial charge on any atom is 0.0985 e. The van der Waals surface area contributed by atoms with Gasteiger partial charge in [0.15, 0.2) is 0 Å². The van der Waals surface area contributed by atoms with Crippen LogP contribution in [0.3, 0.4) is 0 Å². The molecule has 2 aromatic heterocycles. The van der Waals surface area contributed by atoms with Crippen molar-refractivity contribution in [1.82, 2.24) is 9.97 Å². The van der Waals surface area contributed by atoms with Crippen molar-refractivity contribution in [2.75, 3.05) is 4.90 Å². The van der Waals surface area contributed by atoms with Crippen LogP contribution in [0, 0.1) is 0 Å². The van der Waals surface area contributed by atoms with Crippen LogP contribution in [0.4, 0.5) is 17.1 Å². The van der Waals surface area contributed by atoms with Crippen LogP contribution in [0.15, 0.2) is 91.3 Å². The van der Waals surface area contributed by atoms with Gasteiger partial charge in [-0.1, -0.05) is 56.3 Å². The topological polar surface area (TPSA) is 29.0 Å². The minimum Gasteiger partial charge on any atom is -0.309 e. The molecule has 0 N–H and O–H groups in total. The van der Waals surface area contributed by atoms with Gasteiger partial charge in [0, 0.05) is 28.6 Å². The van der Waals surface area contributed by atoms with E-state index < -0.39 is 0 Å². The second kappa shape index (κ2) is 6.14. The summed E-state index contributed by atoms with van der Waals surface area (Å²) in [5.41, 5.74) is 8.02. The van der Waals surface area contributed by atoms with Gasteiger partial charge in [-0.3, -0.25) is 9.97 Å². The summed E-state index contributed by atoms with van der Waals surface area (Å²) in [5, 5.41) is 2.20. The molecule has 0 radical (unpaired) electrons. The van der Waals surface area contributed by atoms with Gasteiger partial charge >= 0.3 is 0 Å². The molecule has 6 rings (SSSR count). The highest BCUT2D eigenvalue weighted by Crippen LogP contribution is 2.52. The van der Waals surface area contributed by atoms with Crippen LogP contribution in [0.5, 0.6) is 0 Å². The van der Waals surface area contributed by atoms with E-state index >= 15 is 0 Å². The summed E-state index contributed by atoms with van der Waals surface area (Å²) in [5.74, 6) is 0. The van der Waals surface area contributed by atoms with Crippen molar-refractivity contribution in [1.29, 1.82) is 0 Å². The van der Waals surface area contributed by atoms with Crippen molar-refractivity contribution in [2.24, 2.45) is 0 Å². The lowest BCUT2D eigenvalue weighted by atomic mass is 9.73. The number of nitrogens with zero attached hydrogens (tertiary/aromatic N) is 3. The smallest absolute Gasteiger partial charge is 0.0985 e. The third kappa shape index (κ3) is 2.26. The number of benzene rings is 3. The van der Waals surface area contributed by atoms with Crippen molar-refractivity contribution < 1.29 is 0 Å². The molecule has 30 heavy (non-hydrogen) atoms. The first-order valence-electron chi connectivity index (χ1n) is 10.3. The predicted molar refractivity (Wildman–Crippen MR) is 124 cm³/mol. The number of para-hydroxylation sites is 2. The molecule has 0 amide bonds. The number of rotatable bonds is 1. The average molecular weight is 387 g/mol. The number of aromatic nitrogens is 2. The van der Waals surface area contributed by atoms with E-state index in [1.807, 2.05) is 24.5 Å². The summed E-state index contributed by atoms with van der Waals surface area (Å²) >= 11 is 0. The largest absolute Gasteiger partial charge is 0.309 e. The molecule has 0 unspecified atom stereocenters. The van der Waals surface area contributed by atoms with E-state index in [1.54, 1.807) is 0 Å². The van der Waals surface area contributed by atoms with Gasteiger partial charge in [-0.15, -0.1) is 0 Å². The molecule has 144 valence electrons. The molecule has 1 aliphatic rings. The lowest BCUT2D eigenvalue weighted by molar-refractivity contribution is 0.632. The molecular weight excluding hydrogens is 366 g/mol. The predicted octanol–water partition coefficient (Wildman–Crippen LogP) is 6.89. The SMILES string of the molecule is CC1(C)c2ccccc2N(c2cc3cccnc3c3ncccc23)c2ccccc21. The highest BCUT2D eigenvalue weighted by Gasteiger charge is 2.36. The molecule has 0 aliphatic carbocycles. The fraction of sp³-hybridized carbons (Fsp3) is 0.111. The monoisotopic (exact) mass is 387 g/mol. The summed E-state index contributed by atoms with van der Waals surface area (Å²) in [6, 6.07) is 28.0. The van der Waals surface area contributed by atoms with Gasteiger partial charge in [0.2, 0.25) is 0 Å². The first-order valence-corrected chi connectivity index (χ1v) is 10.3. The van der Waals surface area contributed by atoms with E-state index in [1.165, 1.54) is 22.5 Å². The van der Waals surface area contributed by atoms with Gasteiger partial charge in [0.1, 0.15) is 0 Å². The zero-order chi connectivity index (χ0) is 20.3. The van der Waals surface area contributed by atoms with Gasteiger partial charge in [0.05, 0.1) is 28.1 Å². The molecular formula is C27H21N3. The lowest BCUT2D eigenvalue weighted by Crippen LogP contribution is -2.30. The quantitative estimate of drug-likeness (QED) is 0.293. The van der Waals surface area contributed by atoms with Crippen LogP contribution in [0.1, 0.15) is 25.0 Å². The number of fused-ring (bicyclic) bond motifs is 5. The van der Waals surface area contributed by atoms with Crippen molar-refractivity contribution in [3.05, 3.63) is 102 Å². The van der Waals surface area contributed by atoms with Gasteiger partial charge in [-0.2, -0.15) is 0 Å². The zero-order valence-electron chi connectivity index (χ0n) is 17.0. The molecule has 3 heterocycles. The van der Waals surface area contributed by atoms with E-state index in [0.29, 0.717) is 0 Å². The Kier molecular flexibility index (Phi) is 3.51. The molecule has 0 atom stereocenters. The molecule has 1 aliphatic heterocycles. The molecule has 5 aromatic rings. The highest BCUT2D eigenvalue weighted by molar-refractivity contribution is 6.11. The van der Waals surface area contributed by atoms with Gasteiger partial charge in [0.25, 0.3) is 0 Å². The Morgan fingerprint density at radius 3 is 1.93 bits per heavy atom. The Bertz CT molecular complexity index is 1390. The highest BCUT2D eigenvalue weighted by atomic mass is 15.2. The molecule has 0 bridgehead atoms. The maximum absolute atomic E-state index is 4.72. The summed E-state index contributed by atoms with van der Waals surface area (Å²) in [7, 11) is 0. The number of anilines is 3. The molecule has 0 fully saturated rings. The molecule has 3 nitrogen and oxygen atoms in total. The van der Waals surface area contributed by atoms with Gasteiger partial charge in [-0.05, 0) is 47.5 Å². The van der Waals surface area contributed by atoms with Crippen molar-refractivity contribution >= 4 is 38.9 Å². The summed E-state index contributed by atoms with van der Waals surface area (Å²) < 4.78 is 0. The van der Waals surface area contributed by atoms with Crippen molar-refractivity contribution in [3.8, 4) is 0 Å². The number of hydrogen-bond acceptors (Lipinski definition) is 3. The average Bonchev–Trinajstić information content (AvgIpc) is 2.79. The van der Waals surface area contributed by atoms with E-state index in [-0.39, 0.29) is 5.41 Å². The van der Waals surface area contributed by atoms with E-state index in [9.17, 15) is 0 Å². The van der Waals surface area contributed by atoms with Crippen LogP contribution in [0.25, 0.3) is 21.8 Å². The number of hydrogen-bond donors (Lipinski definition) is 0. The van der Waals surface area contributed by atoms with Crippen molar-refractivity contribution in [2.45, 2.75) is 19.3 Å². The summed E-state index contributed by atoms with van der Waals surface area (Å²) in [4.78, 5) is 11.7. The Morgan fingerprint density at radius 2 is 1.23 bits per heavy atom. The molecule has 0 spiro atoms. The fourth-order valence-electron chi connectivity index (χ4n) is 4.87. The minimum atomic E-state index is -0.0733. The third-order valence-electron chi connectivity index (χ3n) is 6.32. The van der Waals surface area contributed by atoms with E-state index in [4.69, 9.17) is 4.98 Å². The van der Waals surface area contributed by atoms with Crippen LogP contribution in [-0.4, -0.2) is 9.97 Å². The van der Waals surface area contributed by atoms with Crippen LogP contribution in [-0.2, 0) is 5.41 Å². The normalized spacial score (nSPS) is 14.5. The van der Waals surface area contributed by atoms with Crippen LogP contribution in [0.2, 0.25) is 0 Å². The standard InChI is InChI=1S/C27H21N3/c1-27(2)20-11-3-5-13-22(20)30(23-14-6-4-12-21(23)27)24-17-18-9-7-15-28-25(18)26-19(24)10-8-16-29-26/h3-17H,1-2H3. The van der Waals surface area contributed by atoms with E-state index in [0.717, 1.165) is 27.5 Å². The van der Waals surface area contributed by atoms with Crippen LogP contribution >= 0.6 is 0 Å². The zero-order valence-corrected chi connectivity index (χ0v) is 17.0. The second-order valence-corrected chi connectivity index (χ2v) is 8.37. The second-order valence-electron chi connectivity index (χ2n) is 8.37.